The second kappa shape index (κ2) is 4.05. The number of terminal acetylenes is 1. The molecule has 1 heterocycles. The summed E-state index contributed by atoms with van der Waals surface area (Å²) in [4.78, 5) is 24.7. The van der Waals surface area contributed by atoms with Gasteiger partial charge in [-0.25, -0.2) is 4.79 Å². The van der Waals surface area contributed by atoms with E-state index in [1.807, 2.05) is 0 Å². The molecule has 0 unspecified atom stereocenters. The molecule has 15 heavy (non-hydrogen) atoms. The zero-order chi connectivity index (χ0) is 11.6. The Bertz CT molecular complexity index is 519. The fourth-order valence-corrected chi connectivity index (χ4v) is 1.27. The summed E-state index contributed by atoms with van der Waals surface area (Å²) in [5, 5.41) is 0. The number of nitrogens with zero attached hydrogens (tertiary/aromatic N) is 3. The van der Waals surface area contributed by atoms with Gasteiger partial charge in [-0.3, -0.25) is 9.36 Å². The van der Waals surface area contributed by atoms with Crippen LogP contribution in [0.3, 0.4) is 0 Å². The molecule has 0 amide bonds. The molecule has 0 saturated heterocycles. The molecule has 0 fully saturated rings. The van der Waals surface area contributed by atoms with E-state index in [1.165, 1.54) is 17.8 Å². The average molecular weight is 207 g/mol. The average Bonchev–Trinajstić information content (AvgIpc) is 2.20. The molecule has 0 aliphatic heterocycles. The molecule has 5 nitrogen and oxygen atoms in total. The molecular weight excluding hydrogens is 194 g/mol. The Kier molecular flexibility index (Phi) is 3.00. The van der Waals surface area contributed by atoms with Gasteiger partial charge in [0.05, 0.1) is 6.54 Å². The molecule has 0 aliphatic rings. The molecule has 0 bridgehead atoms. The molecule has 80 valence electrons. The van der Waals surface area contributed by atoms with Crippen LogP contribution in [0.1, 0.15) is 0 Å². The number of aromatic nitrogens is 2. The molecule has 0 atom stereocenters. The molecule has 0 aliphatic carbocycles. The normalized spacial score (nSPS) is 9.73. The maximum atomic E-state index is 11.7. The number of anilines is 1. The predicted octanol–water partition coefficient (Wildman–Crippen LogP) is -0.847. The molecule has 1 aromatic rings. The van der Waals surface area contributed by atoms with Crippen molar-refractivity contribution < 1.29 is 0 Å². The van der Waals surface area contributed by atoms with Crippen LogP contribution in [0, 0.1) is 12.3 Å². The summed E-state index contributed by atoms with van der Waals surface area (Å²) in [6, 6.07) is 0. The van der Waals surface area contributed by atoms with Crippen molar-refractivity contribution in [2.45, 2.75) is 0 Å². The van der Waals surface area contributed by atoms with Gasteiger partial charge in [0.25, 0.3) is 5.56 Å². The van der Waals surface area contributed by atoms with Gasteiger partial charge >= 0.3 is 5.69 Å². The minimum atomic E-state index is -0.349. The third-order valence-electron chi connectivity index (χ3n) is 2.17. The summed E-state index contributed by atoms with van der Waals surface area (Å²) < 4.78 is 2.41. The standard InChI is InChI=1S/C10H13N3O2/c1-5-6-11(2)8-7-12(3)10(15)13(4)9(8)14/h1,7H,6H2,2-4H3. The number of rotatable bonds is 2. The molecule has 1 aromatic heterocycles. The summed E-state index contributed by atoms with van der Waals surface area (Å²) in [7, 11) is 4.74. The van der Waals surface area contributed by atoms with E-state index in [0.717, 1.165) is 4.57 Å². The first-order chi connectivity index (χ1) is 6.99. The summed E-state index contributed by atoms with van der Waals surface area (Å²) in [6.07, 6.45) is 6.64. The van der Waals surface area contributed by atoms with E-state index in [4.69, 9.17) is 6.42 Å². The molecular formula is C10H13N3O2. The first-order valence-corrected chi connectivity index (χ1v) is 4.40. The van der Waals surface area contributed by atoms with Crippen LogP contribution in [0.2, 0.25) is 0 Å². The monoisotopic (exact) mass is 207 g/mol. The van der Waals surface area contributed by atoms with Crippen LogP contribution in [0.25, 0.3) is 0 Å². The van der Waals surface area contributed by atoms with Crippen LogP contribution < -0.4 is 16.1 Å². The van der Waals surface area contributed by atoms with Crippen molar-refractivity contribution in [1.29, 1.82) is 0 Å². The van der Waals surface area contributed by atoms with Crippen molar-refractivity contribution in [1.82, 2.24) is 9.13 Å². The Morgan fingerprint density at radius 1 is 1.47 bits per heavy atom. The van der Waals surface area contributed by atoms with E-state index in [9.17, 15) is 9.59 Å². The lowest BCUT2D eigenvalue weighted by Gasteiger charge is -2.16. The van der Waals surface area contributed by atoms with Crippen molar-refractivity contribution in [3.05, 3.63) is 27.0 Å². The van der Waals surface area contributed by atoms with Gasteiger partial charge in [-0.2, -0.15) is 0 Å². The van der Waals surface area contributed by atoms with Crippen LogP contribution in [0.4, 0.5) is 5.69 Å². The van der Waals surface area contributed by atoms with Crippen molar-refractivity contribution in [2.75, 3.05) is 18.5 Å². The molecule has 0 spiro atoms. The zero-order valence-electron chi connectivity index (χ0n) is 9.02. The van der Waals surface area contributed by atoms with E-state index >= 15 is 0 Å². The summed E-state index contributed by atoms with van der Waals surface area (Å²) >= 11 is 0. The van der Waals surface area contributed by atoms with Gasteiger partial charge in [0.2, 0.25) is 0 Å². The largest absolute Gasteiger partial charge is 0.358 e. The first-order valence-electron chi connectivity index (χ1n) is 4.40. The second-order valence-electron chi connectivity index (χ2n) is 3.33. The highest BCUT2D eigenvalue weighted by molar-refractivity contribution is 5.42. The van der Waals surface area contributed by atoms with E-state index in [1.54, 1.807) is 19.0 Å². The van der Waals surface area contributed by atoms with Crippen LogP contribution in [0.15, 0.2) is 15.8 Å². The molecule has 0 aromatic carbocycles. The lowest BCUT2D eigenvalue weighted by molar-refractivity contribution is 0.681. The number of aryl methyl sites for hydroxylation is 1. The highest BCUT2D eigenvalue weighted by Gasteiger charge is 2.09. The van der Waals surface area contributed by atoms with E-state index in [-0.39, 0.29) is 11.2 Å². The van der Waals surface area contributed by atoms with E-state index in [0.29, 0.717) is 12.2 Å². The van der Waals surface area contributed by atoms with Crippen molar-refractivity contribution in [3.8, 4) is 12.3 Å². The van der Waals surface area contributed by atoms with Gasteiger partial charge in [0, 0.05) is 27.3 Å². The van der Waals surface area contributed by atoms with Crippen molar-refractivity contribution in [3.63, 3.8) is 0 Å². The first kappa shape index (κ1) is 11.1. The molecule has 1 rings (SSSR count). The Morgan fingerprint density at radius 3 is 2.60 bits per heavy atom. The number of hydrogen-bond acceptors (Lipinski definition) is 3. The minimum absolute atomic E-state index is 0.327. The number of hydrogen-bond donors (Lipinski definition) is 0. The fraction of sp³-hybridized carbons (Fsp3) is 0.400. The SMILES string of the molecule is C#CCN(C)c1cn(C)c(=O)n(C)c1=O. The Labute approximate surface area is 87.6 Å². The van der Waals surface area contributed by atoms with Crippen LogP contribution >= 0.6 is 0 Å². The Morgan fingerprint density at radius 2 is 2.07 bits per heavy atom. The smallest absolute Gasteiger partial charge is 0.330 e. The lowest BCUT2D eigenvalue weighted by atomic mass is 10.4. The molecule has 0 radical (unpaired) electrons. The highest BCUT2D eigenvalue weighted by atomic mass is 16.2. The summed E-state index contributed by atoms with van der Waals surface area (Å²) in [6.45, 7) is 0.327. The van der Waals surface area contributed by atoms with E-state index < -0.39 is 0 Å². The molecule has 5 heteroatoms. The van der Waals surface area contributed by atoms with Crippen molar-refractivity contribution >= 4 is 5.69 Å². The molecule has 0 saturated carbocycles. The molecule has 0 N–H and O–H groups in total. The van der Waals surface area contributed by atoms with Gasteiger partial charge in [-0.1, -0.05) is 5.92 Å². The predicted molar refractivity (Wildman–Crippen MR) is 59.0 cm³/mol. The maximum absolute atomic E-state index is 11.7. The summed E-state index contributed by atoms with van der Waals surface area (Å²) in [5.74, 6) is 2.44. The second-order valence-corrected chi connectivity index (χ2v) is 3.33. The lowest BCUT2D eigenvalue weighted by Crippen LogP contribution is -2.40. The Hall–Kier alpha value is -1.96. The quantitative estimate of drug-likeness (QED) is 0.594. The Balaban J connectivity index is 3.40. The van der Waals surface area contributed by atoms with E-state index in [2.05, 4.69) is 5.92 Å². The van der Waals surface area contributed by atoms with Gasteiger partial charge in [-0.05, 0) is 0 Å². The van der Waals surface area contributed by atoms with Crippen LogP contribution in [-0.2, 0) is 14.1 Å². The van der Waals surface area contributed by atoms with Crippen molar-refractivity contribution in [2.24, 2.45) is 14.1 Å². The fourth-order valence-electron chi connectivity index (χ4n) is 1.27. The van der Waals surface area contributed by atoms with Gasteiger partial charge in [-0.15, -0.1) is 6.42 Å². The summed E-state index contributed by atoms with van der Waals surface area (Å²) in [5.41, 5.74) is -0.272. The topological polar surface area (TPSA) is 47.2 Å². The van der Waals surface area contributed by atoms with Gasteiger partial charge in [0.1, 0.15) is 5.69 Å². The maximum Gasteiger partial charge on any atom is 0.330 e. The van der Waals surface area contributed by atoms with Crippen LogP contribution in [0.5, 0.6) is 0 Å². The van der Waals surface area contributed by atoms with Gasteiger partial charge in [0.15, 0.2) is 0 Å². The zero-order valence-corrected chi connectivity index (χ0v) is 9.02. The van der Waals surface area contributed by atoms with Crippen LogP contribution in [-0.4, -0.2) is 22.7 Å². The minimum Gasteiger partial charge on any atom is -0.358 e. The third-order valence-corrected chi connectivity index (χ3v) is 2.17. The highest BCUT2D eigenvalue weighted by Crippen LogP contribution is 2.01. The third kappa shape index (κ3) is 1.94. The van der Waals surface area contributed by atoms with Gasteiger partial charge < -0.3 is 9.47 Å².